The molecule has 2 fully saturated rings. The Morgan fingerprint density at radius 3 is 2.77 bits per heavy atom. The Morgan fingerprint density at radius 2 is 2.00 bits per heavy atom. The normalized spacial score (nSPS) is 29.7. The van der Waals surface area contributed by atoms with E-state index in [4.69, 9.17) is 4.74 Å². The van der Waals surface area contributed by atoms with Crippen LogP contribution < -0.4 is 10.6 Å². The van der Waals surface area contributed by atoms with E-state index < -0.39 is 24.5 Å². The Hall–Kier alpha value is -1.81. The molecule has 1 aliphatic carbocycles. The highest BCUT2D eigenvalue weighted by Crippen LogP contribution is 2.32. The number of hydrogen-bond donors (Lipinski definition) is 4. The molecule has 0 amide bonds. The molecular formula is C17H26N6O3. The van der Waals surface area contributed by atoms with Crippen LogP contribution >= 0.6 is 0 Å². The zero-order valence-electron chi connectivity index (χ0n) is 14.9. The SMILES string of the molecule is CCNCC1OC(n2cnc3c(NC4CCCC4)ncnc32)C(O)C1O. The number of anilines is 1. The topological polar surface area (TPSA) is 117 Å². The van der Waals surface area contributed by atoms with Gasteiger partial charge in [0.15, 0.2) is 23.2 Å². The maximum atomic E-state index is 10.4. The summed E-state index contributed by atoms with van der Waals surface area (Å²) in [6, 6.07) is 0.415. The highest BCUT2D eigenvalue weighted by atomic mass is 16.6. The fourth-order valence-corrected chi connectivity index (χ4v) is 3.82. The number of hydrogen-bond acceptors (Lipinski definition) is 8. The summed E-state index contributed by atoms with van der Waals surface area (Å²) in [7, 11) is 0. The van der Waals surface area contributed by atoms with Gasteiger partial charge >= 0.3 is 0 Å². The van der Waals surface area contributed by atoms with Gasteiger partial charge in [0.1, 0.15) is 24.6 Å². The Balaban J connectivity index is 1.59. The van der Waals surface area contributed by atoms with Gasteiger partial charge < -0.3 is 25.6 Å². The summed E-state index contributed by atoms with van der Waals surface area (Å²) < 4.78 is 7.57. The molecule has 1 saturated carbocycles. The van der Waals surface area contributed by atoms with Crippen molar-refractivity contribution in [3.05, 3.63) is 12.7 Å². The van der Waals surface area contributed by atoms with Crippen LogP contribution in [0, 0.1) is 0 Å². The van der Waals surface area contributed by atoms with Gasteiger partial charge in [-0.1, -0.05) is 19.8 Å². The smallest absolute Gasteiger partial charge is 0.167 e. The van der Waals surface area contributed by atoms with Gasteiger partial charge in [0.25, 0.3) is 0 Å². The van der Waals surface area contributed by atoms with Crippen molar-refractivity contribution < 1.29 is 14.9 Å². The molecular weight excluding hydrogens is 336 g/mol. The fourth-order valence-electron chi connectivity index (χ4n) is 3.82. The maximum absolute atomic E-state index is 10.4. The monoisotopic (exact) mass is 362 g/mol. The molecule has 2 aromatic heterocycles. The molecule has 4 rings (SSSR count). The van der Waals surface area contributed by atoms with Crippen molar-refractivity contribution in [1.29, 1.82) is 0 Å². The van der Waals surface area contributed by atoms with Crippen LogP contribution in [0.3, 0.4) is 0 Å². The first-order chi connectivity index (χ1) is 12.7. The largest absolute Gasteiger partial charge is 0.387 e. The molecule has 0 spiro atoms. The van der Waals surface area contributed by atoms with Crippen molar-refractivity contribution in [3.63, 3.8) is 0 Å². The van der Waals surface area contributed by atoms with E-state index in [1.807, 2.05) is 6.92 Å². The third-order valence-electron chi connectivity index (χ3n) is 5.26. The Labute approximate surface area is 151 Å². The molecule has 26 heavy (non-hydrogen) atoms. The van der Waals surface area contributed by atoms with Crippen LogP contribution in [0.4, 0.5) is 5.82 Å². The number of ether oxygens (including phenoxy) is 1. The fraction of sp³-hybridized carbons (Fsp3) is 0.706. The lowest BCUT2D eigenvalue weighted by atomic mass is 10.1. The molecule has 0 aromatic carbocycles. The van der Waals surface area contributed by atoms with E-state index >= 15 is 0 Å². The second kappa shape index (κ2) is 7.43. The molecule has 2 aliphatic rings. The van der Waals surface area contributed by atoms with Crippen molar-refractivity contribution in [2.75, 3.05) is 18.4 Å². The molecule has 0 bridgehead atoms. The molecule has 2 aromatic rings. The lowest BCUT2D eigenvalue weighted by Gasteiger charge is -2.17. The second-order valence-corrected chi connectivity index (χ2v) is 7.03. The van der Waals surface area contributed by atoms with Gasteiger partial charge in [-0.05, 0) is 19.4 Å². The third kappa shape index (κ3) is 3.16. The summed E-state index contributed by atoms with van der Waals surface area (Å²) in [5.41, 5.74) is 1.24. The zero-order chi connectivity index (χ0) is 18.1. The number of imidazole rings is 1. The van der Waals surface area contributed by atoms with Crippen LogP contribution in [0.15, 0.2) is 12.7 Å². The average Bonchev–Trinajstić information content (AvgIpc) is 3.36. The summed E-state index contributed by atoms with van der Waals surface area (Å²) in [4.78, 5) is 13.1. The number of aliphatic hydroxyl groups is 2. The van der Waals surface area contributed by atoms with Gasteiger partial charge in [0.05, 0.1) is 6.33 Å². The van der Waals surface area contributed by atoms with E-state index in [0.717, 1.165) is 19.4 Å². The third-order valence-corrected chi connectivity index (χ3v) is 5.26. The maximum Gasteiger partial charge on any atom is 0.167 e. The van der Waals surface area contributed by atoms with Crippen molar-refractivity contribution in [3.8, 4) is 0 Å². The summed E-state index contributed by atoms with van der Waals surface area (Å²) >= 11 is 0. The number of nitrogens with one attached hydrogen (secondary N) is 2. The lowest BCUT2D eigenvalue weighted by molar-refractivity contribution is -0.0340. The number of aromatic nitrogens is 4. The van der Waals surface area contributed by atoms with Gasteiger partial charge in [-0.3, -0.25) is 4.57 Å². The van der Waals surface area contributed by atoms with Crippen molar-refractivity contribution in [1.82, 2.24) is 24.8 Å². The van der Waals surface area contributed by atoms with Crippen molar-refractivity contribution in [2.24, 2.45) is 0 Å². The van der Waals surface area contributed by atoms with Crippen LogP contribution in [-0.2, 0) is 4.74 Å². The lowest BCUT2D eigenvalue weighted by Crippen LogP contribution is -2.37. The molecule has 142 valence electrons. The Morgan fingerprint density at radius 1 is 1.19 bits per heavy atom. The van der Waals surface area contributed by atoms with E-state index in [-0.39, 0.29) is 0 Å². The average molecular weight is 362 g/mol. The summed E-state index contributed by atoms with van der Waals surface area (Å²) in [5.74, 6) is 0.706. The minimum absolute atomic E-state index is 0.415. The van der Waals surface area contributed by atoms with Gasteiger partial charge in [0, 0.05) is 12.6 Å². The first-order valence-electron chi connectivity index (χ1n) is 9.35. The standard InChI is InChI=1S/C17H26N6O3/c1-2-18-7-11-13(24)14(25)17(26-11)23-9-21-12-15(19-8-20-16(12)23)22-10-5-3-4-6-10/h8-11,13-14,17-18,24-25H,2-7H2,1H3,(H,19,20,22). The van der Waals surface area contributed by atoms with Crippen LogP contribution in [0.1, 0.15) is 38.8 Å². The number of likely N-dealkylation sites (N-methyl/N-ethyl adjacent to an activating group) is 1. The Kier molecular flexibility index (Phi) is 5.03. The van der Waals surface area contributed by atoms with E-state index in [2.05, 4.69) is 25.6 Å². The van der Waals surface area contributed by atoms with Gasteiger partial charge in [0.2, 0.25) is 0 Å². The predicted octanol–water partition coefficient (Wildman–Crippen LogP) is 0.409. The molecule has 3 heterocycles. The molecule has 0 radical (unpaired) electrons. The van der Waals surface area contributed by atoms with E-state index in [1.165, 1.54) is 19.2 Å². The zero-order valence-corrected chi connectivity index (χ0v) is 14.9. The van der Waals surface area contributed by atoms with E-state index in [1.54, 1.807) is 10.9 Å². The summed E-state index contributed by atoms with van der Waals surface area (Å²) in [5, 5.41) is 27.3. The van der Waals surface area contributed by atoms with Gasteiger partial charge in [-0.2, -0.15) is 0 Å². The molecule has 4 N–H and O–H groups in total. The summed E-state index contributed by atoms with van der Waals surface area (Å²) in [6.45, 7) is 3.22. The molecule has 4 unspecified atom stereocenters. The number of nitrogens with zero attached hydrogens (tertiary/aromatic N) is 4. The van der Waals surface area contributed by atoms with E-state index in [0.29, 0.717) is 29.6 Å². The highest BCUT2D eigenvalue weighted by molar-refractivity contribution is 5.82. The predicted molar refractivity (Wildman–Crippen MR) is 95.7 cm³/mol. The minimum atomic E-state index is -1.04. The van der Waals surface area contributed by atoms with Gasteiger partial charge in [-0.15, -0.1) is 0 Å². The van der Waals surface area contributed by atoms with Gasteiger partial charge in [-0.25, -0.2) is 15.0 Å². The first kappa shape index (κ1) is 17.6. The summed E-state index contributed by atoms with van der Waals surface area (Å²) in [6.07, 6.45) is 4.59. The molecule has 4 atom stereocenters. The quantitative estimate of drug-likeness (QED) is 0.584. The number of fused-ring (bicyclic) bond motifs is 1. The molecule has 1 aliphatic heterocycles. The number of aliphatic hydroxyl groups excluding tert-OH is 2. The van der Waals surface area contributed by atoms with Crippen LogP contribution in [0.25, 0.3) is 11.2 Å². The highest BCUT2D eigenvalue weighted by Gasteiger charge is 2.44. The number of rotatable bonds is 6. The molecule has 9 heteroatoms. The molecule has 9 nitrogen and oxygen atoms in total. The van der Waals surface area contributed by atoms with Crippen LogP contribution in [0.2, 0.25) is 0 Å². The van der Waals surface area contributed by atoms with Crippen LogP contribution in [0.5, 0.6) is 0 Å². The second-order valence-electron chi connectivity index (χ2n) is 7.03. The first-order valence-corrected chi connectivity index (χ1v) is 9.35. The van der Waals surface area contributed by atoms with Crippen molar-refractivity contribution in [2.45, 2.75) is 63.2 Å². The van der Waals surface area contributed by atoms with Crippen molar-refractivity contribution >= 4 is 17.0 Å². The Bertz CT molecular complexity index is 747. The van der Waals surface area contributed by atoms with Crippen LogP contribution in [-0.4, -0.2) is 67.2 Å². The minimum Gasteiger partial charge on any atom is -0.387 e. The molecule has 1 saturated heterocycles. The van der Waals surface area contributed by atoms with E-state index in [9.17, 15) is 10.2 Å².